The Morgan fingerprint density at radius 1 is 1.13 bits per heavy atom. The van der Waals surface area contributed by atoms with E-state index in [1.54, 1.807) is 0 Å². The highest BCUT2D eigenvalue weighted by molar-refractivity contribution is 6.27. The number of nitrogens with one attached hydrogen (secondary N) is 2. The lowest BCUT2D eigenvalue weighted by atomic mass is 9.81. The molecule has 7 nitrogen and oxygen atoms in total. The van der Waals surface area contributed by atoms with Crippen molar-refractivity contribution >= 4 is 17.8 Å². The summed E-state index contributed by atoms with van der Waals surface area (Å²) in [5, 5.41) is 20.8. The summed E-state index contributed by atoms with van der Waals surface area (Å²) in [6.45, 7) is 2.93. The highest BCUT2D eigenvalue weighted by Crippen LogP contribution is 2.29. The molecule has 1 amide bonds. The number of carbonyl (C=O) groups excluding carboxylic acids is 1. The van der Waals surface area contributed by atoms with Gasteiger partial charge in [0.05, 0.1) is 0 Å². The van der Waals surface area contributed by atoms with Crippen molar-refractivity contribution in [2.24, 2.45) is 5.41 Å². The molecule has 2 heterocycles. The summed E-state index contributed by atoms with van der Waals surface area (Å²) in [4.78, 5) is 28.9. The molecule has 4 N–H and O–H groups in total. The third-order valence-electron chi connectivity index (χ3n) is 2.38. The average molecular weight is 216 g/mol. The van der Waals surface area contributed by atoms with Crippen LogP contribution in [0.3, 0.4) is 0 Å². The molecule has 0 aromatic carbocycles. The number of amides is 1. The Labute approximate surface area is 85.5 Å². The van der Waals surface area contributed by atoms with Crippen LogP contribution in [0.4, 0.5) is 0 Å². The predicted molar refractivity (Wildman–Crippen MR) is 48.2 cm³/mol. The van der Waals surface area contributed by atoms with E-state index in [0.29, 0.717) is 5.41 Å². The summed E-state index contributed by atoms with van der Waals surface area (Å²) < 4.78 is 0. The van der Waals surface area contributed by atoms with Gasteiger partial charge in [0.2, 0.25) is 5.91 Å². The maximum absolute atomic E-state index is 10.7. The van der Waals surface area contributed by atoms with Gasteiger partial charge in [-0.05, 0) is 0 Å². The average Bonchev–Trinajstić information content (AvgIpc) is 2.48. The van der Waals surface area contributed by atoms with E-state index in [1.807, 2.05) is 0 Å². The van der Waals surface area contributed by atoms with Crippen molar-refractivity contribution in [3.05, 3.63) is 0 Å². The summed E-state index contributed by atoms with van der Waals surface area (Å²) in [7, 11) is 0. The Bertz CT molecular complexity index is 285. The van der Waals surface area contributed by atoms with Crippen LogP contribution in [-0.4, -0.2) is 47.7 Å². The Balaban J connectivity index is 0.000000167. The molecule has 0 saturated carbocycles. The summed E-state index contributed by atoms with van der Waals surface area (Å²) >= 11 is 0. The fourth-order valence-electron chi connectivity index (χ4n) is 1.48. The Kier molecular flexibility index (Phi) is 3.25. The van der Waals surface area contributed by atoms with Gasteiger partial charge in [0.25, 0.3) is 0 Å². The zero-order chi connectivity index (χ0) is 11.5. The first-order chi connectivity index (χ1) is 6.95. The van der Waals surface area contributed by atoms with Crippen molar-refractivity contribution in [3.63, 3.8) is 0 Å². The van der Waals surface area contributed by atoms with Crippen LogP contribution in [0.25, 0.3) is 0 Å². The smallest absolute Gasteiger partial charge is 0.414 e. The highest BCUT2D eigenvalue weighted by Gasteiger charge is 2.43. The minimum atomic E-state index is -1.82. The van der Waals surface area contributed by atoms with Crippen molar-refractivity contribution in [1.29, 1.82) is 0 Å². The van der Waals surface area contributed by atoms with Crippen LogP contribution in [0.15, 0.2) is 0 Å². The summed E-state index contributed by atoms with van der Waals surface area (Å²) in [5.41, 5.74) is 0.317. The van der Waals surface area contributed by atoms with Gasteiger partial charge in [-0.25, -0.2) is 9.59 Å². The van der Waals surface area contributed by atoms with Gasteiger partial charge in [0.1, 0.15) is 0 Å². The van der Waals surface area contributed by atoms with Gasteiger partial charge in [0.15, 0.2) is 0 Å². The van der Waals surface area contributed by atoms with Gasteiger partial charge in [0, 0.05) is 31.5 Å². The largest absolute Gasteiger partial charge is 0.473 e. The number of aliphatic carboxylic acids is 2. The van der Waals surface area contributed by atoms with Crippen LogP contribution in [0, 0.1) is 5.41 Å². The lowest BCUT2D eigenvalue weighted by molar-refractivity contribution is -0.159. The van der Waals surface area contributed by atoms with E-state index in [1.165, 1.54) is 0 Å². The lowest BCUT2D eigenvalue weighted by Gasteiger charge is -2.37. The van der Waals surface area contributed by atoms with Crippen molar-refractivity contribution in [2.75, 3.05) is 19.6 Å². The summed E-state index contributed by atoms with van der Waals surface area (Å²) in [6, 6.07) is 0. The molecule has 0 aromatic rings. The first-order valence-electron chi connectivity index (χ1n) is 4.39. The summed E-state index contributed by atoms with van der Waals surface area (Å²) in [5.74, 6) is -3.43. The molecule has 0 aliphatic carbocycles. The third kappa shape index (κ3) is 2.91. The topological polar surface area (TPSA) is 116 Å². The van der Waals surface area contributed by atoms with E-state index in [2.05, 4.69) is 10.6 Å². The van der Waals surface area contributed by atoms with E-state index in [-0.39, 0.29) is 5.91 Å². The molecule has 0 aromatic heterocycles. The molecule has 1 spiro atoms. The molecule has 7 heteroatoms. The zero-order valence-corrected chi connectivity index (χ0v) is 7.95. The predicted octanol–water partition coefficient (Wildman–Crippen LogP) is -1.75. The number of rotatable bonds is 0. The number of hydrogen-bond donors (Lipinski definition) is 4. The van der Waals surface area contributed by atoms with Crippen molar-refractivity contribution in [1.82, 2.24) is 10.6 Å². The molecule has 2 saturated heterocycles. The second-order valence-electron chi connectivity index (χ2n) is 3.67. The van der Waals surface area contributed by atoms with E-state index in [9.17, 15) is 4.79 Å². The van der Waals surface area contributed by atoms with Gasteiger partial charge in [-0.1, -0.05) is 0 Å². The molecule has 84 valence electrons. The normalized spacial score (nSPS) is 20.9. The lowest BCUT2D eigenvalue weighted by Crippen LogP contribution is -2.54. The minimum absolute atomic E-state index is 0.219. The summed E-state index contributed by atoms with van der Waals surface area (Å²) in [6.07, 6.45) is 0.736. The van der Waals surface area contributed by atoms with E-state index >= 15 is 0 Å². The Hall–Kier alpha value is -1.63. The van der Waals surface area contributed by atoms with E-state index in [4.69, 9.17) is 19.8 Å². The van der Waals surface area contributed by atoms with Gasteiger partial charge in [-0.2, -0.15) is 0 Å². The van der Waals surface area contributed by atoms with Crippen LogP contribution in [0.2, 0.25) is 0 Å². The Morgan fingerprint density at radius 3 is 1.80 bits per heavy atom. The first kappa shape index (κ1) is 11.4. The highest BCUT2D eigenvalue weighted by atomic mass is 16.4. The number of hydrogen-bond acceptors (Lipinski definition) is 4. The standard InChI is InChI=1S/C6H10N2O.C2H2O4/c9-5-1-6(4-8-5)2-7-3-6;3-1(4)2(5)6/h7H,1-4H2,(H,8,9);(H,3,4)(H,5,6). The second kappa shape index (κ2) is 4.26. The maximum Gasteiger partial charge on any atom is 0.414 e. The first-order valence-corrected chi connectivity index (χ1v) is 4.39. The molecular formula is C8H12N2O5. The third-order valence-corrected chi connectivity index (χ3v) is 2.38. The molecule has 2 aliphatic rings. The number of carbonyl (C=O) groups is 3. The van der Waals surface area contributed by atoms with Crippen molar-refractivity contribution in [3.8, 4) is 0 Å². The molecule has 15 heavy (non-hydrogen) atoms. The minimum Gasteiger partial charge on any atom is -0.473 e. The van der Waals surface area contributed by atoms with E-state index in [0.717, 1.165) is 26.1 Å². The molecule has 0 unspecified atom stereocenters. The molecule has 2 rings (SSSR count). The zero-order valence-electron chi connectivity index (χ0n) is 7.95. The Morgan fingerprint density at radius 2 is 1.67 bits per heavy atom. The van der Waals surface area contributed by atoms with Gasteiger partial charge >= 0.3 is 11.9 Å². The SMILES string of the molecule is O=C(O)C(=O)O.O=C1CC2(CNC2)CN1. The van der Waals surface area contributed by atoms with Gasteiger partial charge < -0.3 is 20.8 Å². The van der Waals surface area contributed by atoms with Crippen molar-refractivity contribution in [2.45, 2.75) is 6.42 Å². The molecule has 0 atom stereocenters. The maximum atomic E-state index is 10.7. The fraction of sp³-hybridized carbons (Fsp3) is 0.625. The van der Waals surface area contributed by atoms with Crippen LogP contribution in [-0.2, 0) is 14.4 Å². The van der Waals surface area contributed by atoms with Crippen LogP contribution in [0.5, 0.6) is 0 Å². The van der Waals surface area contributed by atoms with Gasteiger partial charge in [-0.15, -0.1) is 0 Å². The monoisotopic (exact) mass is 216 g/mol. The molecule has 0 bridgehead atoms. The molecule has 2 aliphatic heterocycles. The van der Waals surface area contributed by atoms with Crippen molar-refractivity contribution < 1.29 is 24.6 Å². The quantitative estimate of drug-likeness (QED) is 0.357. The fourth-order valence-corrected chi connectivity index (χ4v) is 1.48. The second-order valence-corrected chi connectivity index (χ2v) is 3.67. The van der Waals surface area contributed by atoms with Gasteiger partial charge in [-0.3, -0.25) is 4.79 Å². The number of carboxylic acids is 2. The molecular weight excluding hydrogens is 204 g/mol. The van der Waals surface area contributed by atoms with E-state index < -0.39 is 11.9 Å². The van der Waals surface area contributed by atoms with Crippen LogP contribution in [0.1, 0.15) is 6.42 Å². The van der Waals surface area contributed by atoms with Crippen LogP contribution >= 0.6 is 0 Å². The molecule has 2 fully saturated rings. The van der Waals surface area contributed by atoms with Crippen LogP contribution < -0.4 is 10.6 Å². The molecule has 0 radical (unpaired) electrons. The number of carboxylic acid groups (broad SMARTS) is 2.